The molecule has 7 heteroatoms. The number of cyclic esters (lactones) is 1. The number of sulfone groups is 1. The van der Waals surface area contributed by atoms with Gasteiger partial charge in [0.1, 0.15) is 6.10 Å². The van der Waals surface area contributed by atoms with Crippen LogP contribution in [0.25, 0.3) is 0 Å². The second-order valence-electron chi connectivity index (χ2n) is 5.74. The zero-order chi connectivity index (χ0) is 17.5. The average molecular weight is 352 g/mol. The summed E-state index contributed by atoms with van der Waals surface area (Å²) in [7, 11) is -3.33. The molecule has 1 fully saturated rings. The molecule has 2 unspecified atom stereocenters. The molecule has 1 heterocycles. The van der Waals surface area contributed by atoms with Crippen LogP contribution in [0.3, 0.4) is 0 Å². The van der Waals surface area contributed by atoms with Crippen molar-refractivity contribution < 1.29 is 26.7 Å². The van der Waals surface area contributed by atoms with Gasteiger partial charge in [-0.15, -0.1) is 0 Å². The van der Waals surface area contributed by atoms with Crippen molar-refractivity contribution in [2.75, 3.05) is 6.26 Å². The van der Waals surface area contributed by atoms with Crippen molar-refractivity contribution in [3.8, 4) is 0 Å². The molecular weight excluding hydrogens is 338 g/mol. The fourth-order valence-corrected chi connectivity index (χ4v) is 3.43. The highest BCUT2D eigenvalue weighted by atomic mass is 32.2. The Labute approximate surface area is 138 Å². The molecule has 2 aromatic rings. The zero-order valence-corrected chi connectivity index (χ0v) is 13.5. The van der Waals surface area contributed by atoms with E-state index in [4.69, 9.17) is 4.74 Å². The summed E-state index contributed by atoms with van der Waals surface area (Å²) < 4.78 is 54.9. The van der Waals surface area contributed by atoms with Gasteiger partial charge in [-0.1, -0.05) is 18.2 Å². The maximum Gasteiger partial charge on any atom is 0.307 e. The van der Waals surface area contributed by atoms with Gasteiger partial charge in [-0.3, -0.25) is 4.79 Å². The molecule has 1 aliphatic rings. The summed E-state index contributed by atoms with van der Waals surface area (Å²) in [4.78, 5) is 11.9. The maximum absolute atomic E-state index is 13.5. The minimum Gasteiger partial charge on any atom is -0.457 e. The van der Waals surface area contributed by atoms with Gasteiger partial charge in [0, 0.05) is 12.2 Å². The third kappa shape index (κ3) is 3.17. The predicted octanol–water partition coefficient (Wildman–Crippen LogP) is 3.14. The van der Waals surface area contributed by atoms with Crippen LogP contribution in [0, 0.1) is 11.6 Å². The predicted molar refractivity (Wildman–Crippen MR) is 82.1 cm³/mol. The number of benzene rings is 2. The minimum absolute atomic E-state index is 0.0452. The van der Waals surface area contributed by atoms with Gasteiger partial charge in [0.15, 0.2) is 21.5 Å². The lowest BCUT2D eigenvalue weighted by molar-refractivity contribution is -0.141. The van der Waals surface area contributed by atoms with Crippen LogP contribution < -0.4 is 0 Å². The molecule has 0 aromatic heterocycles. The molecule has 1 saturated heterocycles. The van der Waals surface area contributed by atoms with E-state index in [0.29, 0.717) is 11.1 Å². The van der Waals surface area contributed by atoms with Crippen LogP contribution in [0.1, 0.15) is 29.6 Å². The van der Waals surface area contributed by atoms with Crippen LogP contribution in [0.5, 0.6) is 0 Å². The molecule has 0 radical (unpaired) electrons. The first-order valence-electron chi connectivity index (χ1n) is 7.20. The highest BCUT2D eigenvalue weighted by Crippen LogP contribution is 2.42. The number of halogens is 2. The Morgan fingerprint density at radius 1 is 1.00 bits per heavy atom. The molecule has 0 saturated carbocycles. The average Bonchev–Trinajstić information content (AvgIpc) is 2.91. The molecule has 126 valence electrons. The number of ether oxygens (including phenoxy) is 1. The van der Waals surface area contributed by atoms with Crippen LogP contribution in [0.4, 0.5) is 8.78 Å². The minimum atomic E-state index is -3.33. The third-order valence-electron chi connectivity index (χ3n) is 4.02. The Morgan fingerprint density at radius 2 is 1.62 bits per heavy atom. The van der Waals surface area contributed by atoms with Crippen LogP contribution in [-0.4, -0.2) is 20.6 Å². The number of carbonyl (C=O) groups excluding carboxylic acids is 1. The largest absolute Gasteiger partial charge is 0.457 e. The summed E-state index contributed by atoms with van der Waals surface area (Å²) >= 11 is 0. The van der Waals surface area contributed by atoms with Crippen molar-refractivity contribution in [1.29, 1.82) is 0 Å². The van der Waals surface area contributed by atoms with Gasteiger partial charge in [-0.2, -0.15) is 0 Å². The van der Waals surface area contributed by atoms with E-state index < -0.39 is 39.5 Å². The Kier molecular flexibility index (Phi) is 4.13. The molecule has 2 atom stereocenters. The van der Waals surface area contributed by atoms with E-state index >= 15 is 0 Å². The van der Waals surface area contributed by atoms with Crippen molar-refractivity contribution >= 4 is 15.8 Å². The quantitative estimate of drug-likeness (QED) is 0.796. The first kappa shape index (κ1) is 16.6. The van der Waals surface area contributed by atoms with Crippen molar-refractivity contribution in [3.63, 3.8) is 0 Å². The molecule has 4 nitrogen and oxygen atoms in total. The Balaban J connectivity index is 1.96. The zero-order valence-electron chi connectivity index (χ0n) is 12.7. The molecule has 0 N–H and O–H groups in total. The SMILES string of the molecule is CS(=O)(=O)c1ccc(C2OC(=O)CC2c2ccc(F)c(F)c2)cc1. The second kappa shape index (κ2) is 5.98. The summed E-state index contributed by atoms with van der Waals surface area (Å²) in [5.41, 5.74) is 1.06. The van der Waals surface area contributed by atoms with Crippen LogP contribution in [-0.2, 0) is 19.4 Å². The van der Waals surface area contributed by atoms with Crippen LogP contribution in [0.2, 0.25) is 0 Å². The van der Waals surface area contributed by atoms with Gasteiger partial charge in [-0.05, 0) is 35.4 Å². The van der Waals surface area contributed by atoms with E-state index in [1.165, 1.54) is 18.2 Å². The molecule has 0 bridgehead atoms. The molecular formula is C17H14F2O4S. The van der Waals surface area contributed by atoms with Crippen molar-refractivity contribution in [2.45, 2.75) is 23.3 Å². The molecule has 24 heavy (non-hydrogen) atoms. The van der Waals surface area contributed by atoms with Gasteiger partial charge in [-0.25, -0.2) is 17.2 Å². The Bertz CT molecular complexity index is 891. The molecule has 0 aliphatic carbocycles. The lowest BCUT2D eigenvalue weighted by atomic mass is 9.88. The van der Waals surface area contributed by atoms with E-state index in [-0.39, 0.29) is 11.3 Å². The van der Waals surface area contributed by atoms with E-state index in [1.807, 2.05) is 0 Å². The van der Waals surface area contributed by atoms with Crippen molar-refractivity contribution in [2.24, 2.45) is 0 Å². The summed E-state index contributed by atoms with van der Waals surface area (Å²) in [6.45, 7) is 0. The number of hydrogen-bond donors (Lipinski definition) is 0. The van der Waals surface area contributed by atoms with E-state index in [0.717, 1.165) is 18.4 Å². The van der Waals surface area contributed by atoms with Gasteiger partial charge in [0.25, 0.3) is 0 Å². The van der Waals surface area contributed by atoms with Gasteiger partial charge >= 0.3 is 5.97 Å². The van der Waals surface area contributed by atoms with Gasteiger partial charge < -0.3 is 4.74 Å². The second-order valence-corrected chi connectivity index (χ2v) is 7.75. The number of rotatable bonds is 3. The first-order valence-corrected chi connectivity index (χ1v) is 9.09. The highest BCUT2D eigenvalue weighted by Gasteiger charge is 2.37. The monoisotopic (exact) mass is 352 g/mol. The van der Waals surface area contributed by atoms with E-state index in [9.17, 15) is 22.0 Å². The fourth-order valence-electron chi connectivity index (χ4n) is 2.80. The molecule has 0 amide bonds. The number of hydrogen-bond acceptors (Lipinski definition) is 4. The summed E-state index contributed by atoms with van der Waals surface area (Å²) in [6.07, 6.45) is 0.474. The van der Waals surface area contributed by atoms with Gasteiger partial charge in [0.2, 0.25) is 0 Å². The topological polar surface area (TPSA) is 60.4 Å². The standard InChI is InChI=1S/C17H14F2O4S/c1-24(21,22)12-5-2-10(3-6-12)17-13(9-16(20)23-17)11-4-7-14(18)15(19)8-11/h2-8,13,17H,9H2,1H3. The maximum atomic E-state index is 13.5. The Hall–Kier alpha value is -2.28. The third-order valence-corrected chi connectivity index (χ3v) is 5.15. The summed E-state index contributed by atoms with van der Waals surface area (Å²) in [5.74, 6) is -2.85. The van der Waals surface area contributed by atoms with E-state index in [2.05, 4.69) is 0 Å². The number of esters is 1. The van der Waals surface area contributed by atoms with Crippen molar-refractivity contribution in [3.05, 3.63) is 65.2 Å². The summed E-state index contributed by atoms with van der Waals surface area (Å²) in [6, 6.07) is 9.47. The summed E-state index contributed by atoms with van der Waals surface area (Å²) in [5, 5.41) is 0. The molecule has 2 aromatic carbocycles. The molecule has 3 rings (SSSR count). The lowest BCUT2D eigenvalue weighted by Gasteiger charge is -2.18. The smallest absolute Gasteiger partial charge is 0.307 e. The van der Waals surface area contributed by atoms with Crippen LogP contribution in [0.15, 0.2) is 47.4 Å². The van der Waals surface area contributed by atoms with Crippen LogP contribution >= 0.6 is 0 Å². The Morgan fingerprint density at radius 3 is 2.21 bits per heavy atom. The number of carbonyl (C=O) groups is 1. The lowest BCUT2D eigenvalue weighted by Crippen LogP contribution is -2.07. The molecule has 1 aliphatic heterocycles. The van der Waals surface area contributed by atoms with E-state index in [1.54, 1.807) is 12.1 Å². The fraction of sp³-hybridized carbons (Fsp3) is 0.235. The normalized spacial score (nSPS) is 20.9. The first-order chi connectivity index (χ1) is 11.3. The molecule has 0 spiro atoms. The van der Waals surface area contributed by atoms with Gasteiger partial charge in [0.05, 0.1) is 11.3 Å². The van der Waals surface area contributed by atoms with Crippen molar-refractivity contribution in [1.82, 2.24) is 0 Å². The highest BCUT2D eigenvalue weighted by molar-refractivity contribution is 7.90.